The second-order valence-corrected chi connectivity index (χ2v) is 10.5. The number of sulfone groups is 1. The molecule has 2 aliphatic rings. The van der Waals surface area contributed by atoms with Crippen LogP contribution < -0.4 is 0 Å². The van der Waals surface area contributed by atoms with Gasteiger partial charge < -0.3 is 0 Å². The van der Waals surface area contributed by atoms with Gasteiger partial charge in [-0.05, 0) is 29.4 Å². The van der Waals surface area contributed by atoms with Crippen LogP contribution in [0.1, 0.15) is 12.0 Å². The SMILES string of the molecule is O=S(=O)(C1/C(=C/c2ccccc2)[C@H]2C=C[C@@H]1C2)C(Cl)(Cl)Cl. The third-order valence-corrected chi connectivity index (χ3v) is 7.92. The van der Waals surface area contributed by atoms with E-state index in [1.165, 1.54) is 0 Å². The van der Waals surface area contributed by atoms with Crippen molar-refractivity contribution in [1.29, 1.82) is 0 Å². The highest BCUT2D eigenvalue weighted by Crippen LogP contribution is 2.51. The van der Waals surface area contributed by atoms with Gasteiger partial charge in [0, 0.05) is 0 Å². The van der Waals surface area contributed by atoms with Crippen LogP contribution in [0.15, 0.2) is 48.1 Å². The topological polar surface area (TPSA) is 34.1 Å². The monoisotopic (exact) mass is 362 g/mol. The zero-order valence-corrected chi connectivity index (χ0v) is 14.0. The first-order valence-electron chi connectivity index (χ1n) is 6.56. The van der Waals surface area contributed by atoms with Gasteiger partial charge in [0.05, 0.1) is 5.25 Å². The molecule has 0 amide bonds. The summed E-state index contributed by atoms with van der Waals surface area (Å²) in [6, 6.07) is 9.60. The molecule has 2 bridgehead atoms. The minimum Gasteiger partial charge on any atom is -0.224 e. The zero-order valence-electron chi connectivity index (χ0n) is 10.9. The van der Waals surface area contributed by atoms with Crippen molar-refractivity contribution in [2.75, 3.05) is 0 Å². The molecule has 1 unspecified atom stereocenters. The van der Waals surface area contributed by atoms with Crippen molar-refractivity contribution in [3.8, 4) is 0 Å². The summed E-state index contributed by atoms with van der Waals surface area (Å²) in [5.41, 5.74) is 1.78. The van der Waals surface area contributed by atoms with E-state index in [4.69, 9.17) is 34.8 Å². The van der Waals surface area contributed by atoms with Crippen LogP contribution in [0.3, 0.4) is 0 Å². The van der Waals surface area contributed by atoms with Gasteiger partial charge >= 0.3 is 0 Å². The van der Waals surface area contributed by atoms with Crippen LogP contribution in [-0.4, -0.2) is 16.8 Å². The molecule has 2 aliphatic carbocycles. The fourth-order valence-corrected chi connectivity index (χ4v) is 5.56. The molecule has 0 aromatic heterocycles. The summed E-state index contributed by atoms with van der Waals surface area (Å²) in [7, 11) is -3.90. The predicted octanol–water partition coefficient (Wildman–Crippen LogP) is 4.39. The van der Waals surface area contributed by atoms with Crippen molar-refractivity contribution in [1.82, 2.24) is 0 Å². The smallest absolute Gasteiger partial charge is 0.224 e. The average molecular weight is 364 g/mol. The Morgan fingerprint density at radius 3 is 2.38 bits per heavy atom. The molecular formula is C15H13Cl3O2S. The van der Waals surface area contributed by atoms with E-state index in [1.54, 1.807) is 0 Å². The molecule has 3 rings (SSSR count). The Morgan fingerprint density at radius 1 is 1.10 bits per heavy atom. The maximum Gasteiger partial charge on any atom is 0.293 e. The number of alkyl halides is 3. The Bertz CT molecular complexity index is 702. The van der Waals surface area contributed by atoms with Crippen molar-refractivity contribution in [3.63, 3.8) is 0 Å². The average Bonchev–Trinajstić information content (AvgIpc) is 2.99. The molecule has 0 radical (unpaired) electrons. The van der Waals surface area contributed by atoms with Crippen molar-refractivity contribution in [2.45, 2.75) is 14.8 Å². The van der Waals surface area contributed by atoms with Gasteiger partial charge in [-0.3, -0.25) is 0 Å². The number of benzene rings is 1. The van der Waals surface area contributed by atoms with Gasteiger partial charge in [-0.2, -0.15) is 0 Å². The molecule has 112 valence electrons. The maximum absolute atomic E-state index is 12.6. The number of hydrogen-bond acceptors (Lipinski definition) is 2. The Morgan fingerprint density at radius 2 is 1.76 bits per heavy atom. The summed E-state index contributed by atoms with van der Waals surface area (Å²) in [6.45, 7) is 0. The number of hydrogen-bond donors (Lipinski definition) is 0. The quantitative estimate of drug-likeness (QED) is 0.577. The van der Waals surface area contributed by atoms with Gasteiger partial charge in [-0.1, -0.05) is 83.4 Å². The molecule has 0 spiro atoms. The van der Waals surface area contributed by atoms with Crippen molar-refractivity contribution >= 4 is 50.7 Å². The summed E-state index contributed by atoms with van der Waals surface area (Å²) in [5.74, 6) is 0.00733. The summed E-state index contributed by atoms with van der Waals surface area (Å²) in [6.07, 6.45) is 6.64. The molecule has 21 heavy (non-hydrogen) atoms. The van der Waals surface area contributed by atoms with Crippen molar-refractivity contribution in [3.05, 3.63) is 53.6 Å². The van der Waals surface area contributed by atoms with Gasteiger partial charge in [0.1, 0.15) is 0 Å². The molecule has 6 heteroatoms. The zero-order chi connectivity index (χ0) is 15.3. The first-order valence-corrected chi connectivity index (χ1v) is 9.24. The van der Waals surface area contributed by atoms with Crippen LogP contribution in [-0.2, 0) is 9.84 Å². The second kappa shape index (κ2) is 5.31. The molecular weight excluding hydrogens is 351 g/mol. The van der Waals surface area contributed by atoms with E-state index in [0.717, 1.165) is 17.6 Å². The predicted molar refractivity (Wildman–Crippen MR) is 88.2 cm³/mol. The summed E-state index contributed by atoms with van der Waals surface area (Å²) < 4.78 is 22.8. The van der Waals surface area contributed by atoms with Gasteiger partial charge in [0.2, 0.25) is 9.84 Å². The Kier molecular flexibility index (Phi) is 3.90. The molecule has 3 atom stereocenters. The Hall–Kier alpha value is -0.480. The lowest BCUT2D eigenvalue weighted by Gasteiger charge is -2.25. The van der Waals surface area contributed by atoms with Crippen LogP contribution in [0.2, 0.25) is 0 Å². The molecule has 0 saturated heterocycles. The lowest BCUT2D eigenvalue weighted by atomic mass is 9.98. The van der Waals surface area contributed by atoms with Crippen molar-refractivity contribution < 1.29 is 8.42 Å². The highest BCUT2D eigenvalue weighted by atomic mass is 35.6. The third kappa shape index (κ3) is 2.65. The van der Waals surface area contributed by atoms with Crippen LogP contribution in [0.4, 0.5) is 0 Å². The summed E-state index contributed by atoms with van der Waals surface area (Å²) >= 11 is 17.1. The maximum atomic E-state index is 12.6. The van der Waals surface area contributed by atoms with E-state index in [9.17, 15) is 8.42 Å². The molecule has 1 fully saturated rings. The Balaban J connectivity index is 2.07. The highest BCUT2D eigenvalue weighted by molar-refractivity contribution is 7.98. The molecule has 0 N–H and O–H groups in total. The van der Waals surface area contributed by atoms with Gasteiger partial charge in [0.25, 0.3) is 3.12 Å². The molecule has 1 aromatic carbocycles. The molecule has 1 aromatic rings. The highest BCUT2D eigenvalue weighted by Gasteiger charge is 2.54. The van der Waals surface area contributed by atoms with Gasteiger partial charge in [-0.15, -0.1) is 0 Å². The van der Waals surface area contributed by atoms with Crippen molar-refractivity contribution in [2.24, 2.45) is 11.8 Å². The van der Waals surface area contributed by atoms with Crippen LogP contribution >= 0.6 is 34.8 Å². The van der Waals surface area contributed by atoms with E-state index in [-0.39, 0.29) is 11.8 Å². The largest absolute Gasteiger partial charge is 0.293 e. The van der Waals surface area contributed by atoms with Crippen LogP contribution in [0, 0.1) is 11.8 Å². The van der Waals surface area contributed by atoms with E-state index in [2.05, 4.69) is 0 Å². The number of fused-ring (bicyclic) bond motifs is 2. The number of allylic oxidation sites excluding steroid dienone is 2. The molecule has 0 heterocycles. The van der Waals surface area contributed by atoms with Crippen LogP contribution in [0.5, 0.6) is 0 Å². The van der Waals surface area contributed by atoms with E-state index >= 15 is 0 Å². The summed E-state index contributed by atoms with van der Waals surface area (Å²) in [4.78, 5) is 0. The van der Waals surface area contributed by atoms with Crippen LogP contribution in [0.25, 0.3) is 6.08 Å². The molecule has 1 saturated carbocycles. The van der Waals surface area contributed by atoms with Gasteiger partial charge in [-0.25, -0.2) is 8.42 Å². The first-order chi connectivity index (χ1) is 9.80. The summed E-state index contributed by atoms with van der Waals surface area (Å²) in [5, 5.41) is -0.750. The normalized spacial score (nSPS) is 30.2. The fraction of sp³-hybridized carbons (Fsp3) is 0.333. The van der Waals surface area contributed by atoms with Gasteiger partial charge in [0.15, 0.2) is 0 Å². The minimum absolute atomic E-state index is 0.106. The van der Waals surface area contributed by atoms with E-state index < -0.39 is 18.2 Å². The number of rotatable bonds is 2. The standard InChI is InChI=1S/C15H13Cl3O2S/c16-15(17,18)21(19,20)14-12-7-6-11(9-12)13(14)8-10-4-2-1-3-5-10/h1-8,11-12,14H,9H2/b13-8+/t11-,12+,14?/m0/s1. The Labute approximate surface area is 139 Å². The second-order valence-electron chi connectivity index (χ2n) is 5.36. The van der Waals surface area contributed by atoms with E-state index in [1.807, 2.05) is 48.6 Å². The minimum atomic E-state index is -3.90. The fourth-order valence-electron chi connectivity index (χ4n) is 3.14. The molecule has 0 aliphatic heterocycles. The lowest BCUT2D eigenvalue weighted by molar-refractivity contribution is 0.573. The number of halogens is 3. The molecule has 2 nitrogen and oxygen atoms in total. The first kappa shape index (κ1) is 15.4. The van der Waals surface area contributed by atoms with E-state index in [0.29, 0.717) is 0 Å². The lowest BCUT2D eigenvalue weighted by Crippen LogP contribution is -2.36. The third-order valence-electron chi connectivity index (χ3n) is 4.05.